The van der Waals surface area contributed by atoms with Crippen LogP contribution in [0, 0.1) is 5.82 Å². The van der Waals surface area contributed by atoms with E-state index < -0.39 is 0 Å². The van der Waals surface area contributed by atoms with E-state index in [4.69, 9.17) is 0 Å². The van der Waals surface area contributed by atoms with Crippen molar-refractivity contribution in [3.63, 3.8) is 0 Å². The first-order valence-electron chi connectivity index (χ1n) is 7.50. The smallest absolute Gasteiger partial charge is 0.244 e. The molecule has 0 fully saturated rings. The number of rotatable bonds is 6. The monoisotopic (exact) mass is 341 g/mol. The molecule has 0 saturated heterocycles. The number of amides is 1. The molecule has 6 heteroatoms. The number of carbonyl (C=O) groups is 1. The minimum absolute atomic E-state index is 0.184. The summed E-state index contributed by atoms with van der Waals surface area (Å²) in [5.41, 5.74) is 2.71. The van der Waals surface area contributed by atoms with Crippen LogP contribution in [-0.4, -0.2) is 22.4 Å². The van der Waals surface area contributed by atoms with Crippen LogP contribution in [-0.2, 0) is 11.2 Å². The Labute approximate surface area is 143 Å². The molecular formula is C18H16FN3OS. The molecule has 2 N–H and O–H groups in total. The third kappa shape index (κ3) is 4.17. The number of imidazole rings is 1. The number of thiophene rings is 1. The van der Waals surface area contributed by atoms with Gasteiger partial charge in [-0.25, -0.2) is 9.37 Å². The molecule has 2 heterocycles. The zero-order chi connectivity index (χ0) is 16.8. The van der Waals surface area contributed by atoms with Gasteiger partial charge in [0.25, 0.3) is 0 Å². The molecular weight excluding hydrogens is 325 g/mol. The Hall–Kier alpha value is -2.73. The third-order valence-corrected chi connectivity index (χ3v) is 4.32. The number of aromatic amines is 1. The molecule has 3 aromatic rings. The van der Waals surface area contributed by atoms with Gasteiger partial charge in [-0.15, -0.1) is 11.3 Å². The lowest BCUT2D eigenvalue weighted by Crippen LogP contribution is -2.23. The van der Waals surface area contributed by atoms with Crippen molar-refractivity contribution in [2.24, 2.45) is 0 Å². The Morgan fingerprint density at radius 3 is 2.88 bits per heavy atom. The maximum absolute atomic E-state index is 12.8. The normalized spacial score (nSPS) is 11.0. The van der Waals surface area contributed by atoms with E-state index >= 15 is 0 Å². The molecule has 4 nitrogen and oxygen atoms in total. The average Bonchev–Trinajstić information content (AvgIpc) is 3.25. The molecule has 1 aromatic carbocycles. The van der Waals surface area contributed by atoms with Gasteiger partial charge in [0.1, 0.15) is 11.5 Å². The Morgan fingerprint density at radius 1 is 1.29 bits per heavy atom. The van der Waals surface area contributed by atoms with Gasteiger partial charge in [0.05, 0.1) is 11.2 Å². The lowest BCUT2D eigenvalue weighted by Gasteiger charge is -2.03. The summed E-state index contributed by atoms with van der Waals surface area (Å²) in [7, 11) is 0. The van der Waals surface area contributed by atoms with Crippen LogP contribution in [0.25, 0.3) is 16.6 Å². The highest BCUT2D eigenvalue weighted by Gasteiger charge is 2.09. The van der Waals surface area contributed by atoms with Gasteiger partial charge in [-0.2, -0.15) is 0 Å². The van der Waals surface area contributed by atoms with E-state index in [0.717, 1.165) is 21.8 Å². The SMILES string of the molecule is O=C(/C=C/c1ccc(F)cc1)NCCc1[nH]cnc1-c1cccs1. The zero-order valence-corrected chi connectivity index (χ0v) is 13.6. The number of hydrogen-bond donors (Lipinski definition) is 2. The first kappa shape index (κ1) is 16.1. The topological polar surface area (TPSA) is 57.8 Å². The second-order valence-electron chi connectivity index (χ2n) is 5.13. The summed E-state index contributed by atoms with van der Waals surface area (Å²) >= 11 is 1.63. The number of H-pyrrole nitrogens is 1. The fourth-order valence-electron chi connectivity index (χ4n) is 2.25. The maximum Gasteiger partial charge on any atom is 0.244 e. The molecule has 0 aliphatic rings. The largest absolute Gasteiger partial charge is 0.352 e. The number of hydrogen-bond acceptors (Lipinski definition) is 3. The van der Waals surface area contributed by atoms with Crippen molar-refractivity contribution in [2.75, 3.05) is 6.54 Å². The van der Waals surface area contributed by atoms with Gasteiger partial charge in [0.15, 0.2) is 0 Å². The molecule has 0 saturated carbocycles. The molecule has 2 aromatic heterocycles. The van der Waals surface area contributed by atoms with Crippen molar-refractivity contribution in [1.29, 1.82) is 0 Å². The number of halogens is 1. The Kier molecular flexibility index (Phi) is 5.18. The summed E-state index contributed by atoms with van der Waals surface area (Å²) in [5.74, 6) is -0.478. The van der Waals surface area contributed by atoms with Crippen molar-refractivity contribution in [3.05, 3.63) is 71.3 Å². The second-order valence-corrected chi connectivity index (χ2v) is 6.08. The Morgan fingerprint density at radius 2 is 2.12 bits per heavy atom. The fourth-order valence-corrected chi connectivity index (χ4v) is 3.00. The van der Waals surface area contributed by atoms with E-state index in [1.807, 2.05) is 17.5 Å². The molecule has 0 atom stereocenters. The van der Waals surface area contributed by atoms with Crippen molar-refractivity contribution in [2.45, 2.75) is 6.42 Å². The van der Waals surface area contributed by atoms with E-state index in [0.29, 0.717) is 13.0 Å². The van der Waals surface area contributed by atoms with Gasteiger partial charge in [-0.05, 0) is 35.2 Å². The first-order chi connectivity index (χ1) is 11.7. The second kappa shape index (κ2) is 7.70. The van der Waals surface area contributed by atoms with Crippen molar-refractivity contribution in [3.8, 4) is 10.6 Å². The molecule has 0 radical (unpaired) electrons. The van der Waals surface area contributed by atoms with Crippen LogP contribution in [0.15, 0.2) is 54.2 Å². The van der Waals surface area contributed by atoms with Crippen molar-refractivity contribution >= 4 is 23.3 Å². The van der Waals surface area contributed by atoms with Crippen LogP contribution < -0.4 is 5.32 Å². The number of benzene rings is 1. The maximum atomic E-state index is 12.8. The quantitative estimate of drug-likeness (QED) is 0.673. The summed E-state index contributed by atoms with van der Waals surface area (Å²) in [6.07, 6.45) is 5.44. The van der Waals surface area contributed by atoms with Crippen LogP contribution in [0.4, 0.5) is 4.39 Å². The lowest BCUT2D eigenvalue weighted by molar-refractivity contribution is -0.116. The molecule has 0 aliphatic heterocycles. The summed E-state index contributed by atoms with van der Waals surface area (Å²) in [5, 5.41) is 4.84. The Bertz CT molecular complexity index is 822. The summed E-state index contributed by atoms with van der Waals surface area (Å²) in [6.45, 7) is 0.507. The highest BCUT2D eigenvalue weighted by atomic mass is 32.1. The van der Waals surface area contributed by atoms with E-state index in [2.05, 4.69) is 15.3 Å². The molecule has 0 unspecified atom stereocenters. The fraction of sp³-hybridized carbons (Fsp3) is 0.111. The predicted octanol–water partition coefficient (Wildman–Crippen LogP) is 3.65. The van der Waals surface area contributed by atoms with Crippen LogP contribution in [0.2, 0.25) is 0 Å². The summed E-state index contributed by atoms with van der Waals surface area (Å²) < 4.78 is 12.8. The van der Waals surface area contributed by atoms with Gasteiger partial charge >= 0.3 is 0 Å². The van der Waals surface area contributed by atoms with Crippen LogP contribution in [0.1, 0.15) is 11.3 Å². The van der Waals surface area contributed by atoms with Gasteiger partial charge in [0.2, 0.25) is 5.91 Å². The van der Waals surface area contributed by atoms with Crippen molar-refractivity contribution < 1.29 is 9.18 Å². The van der Waals surface area contributed by atoms with Crippen LogP contribution in [0.3, 0.4) is 0 Å². The molecule has 3 rings (SSSR count). The predicted molar refractivity (Wildman–Crippen MR) is 94.0 cm³/mol. The average molecular weight is 341 g/mol. The minimum Gasteiger partial charge on any atom is -0.352 e. The third-order valence-electron chi connectivity index (χ3n) is 3.44. The Balaban J connectivity index is 1.51. The number of aromatic nitrogens is 2. The summed E-state index contributed by atoms with van der Waals surface area (Å²) in [4.78, 5) is 20.4. The molecule has 122 valence electrons. The molecule has 0 bridgehead atoms. The molecule has 1 amide bonds. The van der Waals surface area contributed by atoms with E-state index in [9.17, 15) is 9.18 Å². The minimum atomic E-state index is -0.294. The van der Waals surface area contributed by atoms with E-state index in [1.165, 1.54) is 18.2 Å². The zero-order valence-electron chi connectivity index (χ0n) is 12.8. The van der Waals surface area contributed by atoms with E-state index in [-0.39, 0.29) is 11.7 Å². The van der Waals surface area contributed by atoms with Gasteiger partial charge in [0, 0.05) is 24.7 Å². The highest BCUT2D eigenvalue weighted by molar-refractivity contribution is 7.13. The summed E-state index contributed by atoms with van der Waals surface area (Å²) in [6, 6.07) is 9.98. The molecule has 0 spiro atoms. The number of nitrogens with one attached hydrogen (secondary N) is 2. The van der Waals surface area contributed by atoms with Crippen LogP contribution >= 0.6 is 11.3 Å². The van der Waals surface area contributed by atoms with Gasteiger partial charge < -0.3 is 10.3 Å². The lowest BCUT2D eigenvalue weighted by atomic mass is 10.2. The van der Waals surface area contributed by atoms with Gasteiger partial charge in [-0.3, -0.25) is 4.79 Å². The molecule has 0 aliphatic carbocycles. The number of nitrogens with zero attached hydrogens (tertiary/aromatic N) is 1. The van der Waals surface area contributed by atoms with Crippen molar-refractivity contribution in [1.82, 2.24) is 15.3 Å². The van der Waals surface area contributed by atoms with Crippen LogP contribution in [0.5, 0.6) is 0 Å². The van der Waals surface area contributed by atoms with Gasteiger partial charge in [-0.1, -0.05) is 18.2 Å². The van der Waals surface area contributed by atoms with E-state index in [1.54, 1.807) is 35.9 Å². The highest BCUT2D eigenvalue weighted by Crippen LogP contribution is 2.25. The standard InChI is InChI=1S/C18H16FN3OS/c19-14-6-3-13(4-7-14)5-8-17(23)20-10-9-15-18(22-12-21-15)16-2-1-11-24-16/h1-8,11-12H,9-10H2,(H,20,23)(H,21,22)/b8-5+. The molecule has 24 heavy (non-hydrogen) atoms. The first-order valence-corrected chi connectivity index (χ1v) is 8.38. The number of carbonyl (C=O) groups excluding carboxylic acids is 1.